The molecule has 1 amide bonds. The Morgan fingerprint density at radius 1 is 1.22 bits per heavy atom. The van der Waals surface area contributed by atoms with Crippen molar-refractivity contribution in [3.05, 3.63) is 41.0 Å². The van der Waals surface area contributed by atoms with Crippen molar-refractivity contribution < 1.29 is 22.7 Å². The normalized spacial score (nSPS) is 18.9. The van der Waals surface area contributed by atoms with Gasteiger partial charge in [-0.2, -0.15) is 23.1 Å². The number of ether oxygens (including phenoxy) is 1. The molecule has 5 rings (SSSR count). The minimum atomic E-state index is -4.47. The topological polar surface area (TPSA) is 71.5 Å². The van der Waals surface area contributed by atoms with Crippen molar-refractivity contribution in [1.82, 2.24) is 19.9 Å². The summed E-state index contributed by atoms with van der Waals surface area (Å²) < 4.78 is 43.9. The molecule has 32 heavy (non-hydrogen) atoms. The second-order valence-electron chi connectivity index (χ2n) is 8.77. The number of alkyl halides is 3. The number of aromatic nitrogens is 3. The van der Waals surface area contributed by atoms with Crippen LogP contribution < -0.4 is 9.64 Å². The predicted octanol–water partition coefficient (Wildman–Crippen LogP) is 3.54. The van der Waals surface area contributed by atoms with Gasteiger partial charge in [-0.25, -0.2) is 0 Å². The summed E-state index contributed by atoms with van der Waals surface area (Å²) in [6.07, 6.45) is 0.463. The first-order valence-electron chi connectivity index (χ1n) is 10.8. The lowest BCUT2D eigenvalue weighted by molar-refractivity contribution is -0.141. The molecule has 2 aromatic heterocycles. The number of carbonyl (C=O) groups excluding carboxylic acids is 1. The highest BCUT2D eigenvalue weighted by Crippen LogP contribution is 2.40. The van der Waals surface area contributed by atoms with E-state index in [1.807, 2.05) is 4.90 Å². The lowest BCUT2D eigenvalue weighted by Crippen LogP contribution is -2.48. The van der Waals surface area contributed by atoms with E-state index in [-0.39, 0.29) is 11.8 Å². The molecule has 2 aliphatic heterocycles. The van der Waals surface area contributed by atoms with Gasteiger partial charge in [0, 0.05) is 55.3 Å². The number of methoxy groups -OCH3 is 1. The Hall–Kier alpha value is -2.91. The van der Waals surface area contributed by atoms with Crippen LogP contribution in [0.15, 0.2) is 18.3 Å². The van der Waals surface area contributed by atoms with E-state index >= 15 is 0 Å². The Balaban J connectivity index is 1.20. The van der Waals surface area contributed by atoms with E-state index < -0.39 is 11.9 Å². The molecular formula is C22H24F3N5O2. The van der Waals surface area contributed by atoms with Crippen molar-refractivity contribution in [2.24, 2.45) is 5.92 Å². The second kappa shape index (κ2) is 7.90. The van der Waals surface area contributed by atoms with Crippen LogP contribution in [0.25, 0.3) is 0 Å². The molecule has 0 radical (unpaired) electrons. The molecule has 0 bridgehead atoms. The van der Waals surface area contributed by atoms with Crippen LogP contribution in [-0.2, 0) is 24.1 Å². The Morgan fingerprint density at radius 3 is 2.66 bits per heavy atom. The van der Waals surface area contributed by atoms with Crippen LogP contribution in [0.3, 0.4) is 0 Å². The fourth-order valence-corrected chi connectivity index (χ4v) is 4.60. The van der Waals surface area contributed by atoms with Crippen LogP contribution in [0, 0.1) is 5.92 Å². The number of rotatable bonds is 5. The summed E-state index contributed by atoms with van der Waals surface area (Å²) in [6, 6.07) is 2.98. The number of hydrogen-bond acceptors (Lipinski definition) is 6. The SMILES string of the molecule is COc1nc2c(c(C3CCC3)n1)CN(C(=O)CC1CN(c3ccnc(C(F)(F)F)c3)C1)C2. The zero-order valence-electron chi connectivity index (χ0n) is 17.7. The molecule has 0 aromatic carbocycles. The van der Waals surface area contributed by atoms with Gasteiger partial charge in [0.05, 0.1) is 25.0 Å². The van der Waals surface area contributed by atoms with Gasteiger partial charge in [-0.15, -0.1) is 0 Å². The Bertz CT molecular complexity index is 1030. The third-order valence-electron chi connectivity index (χ3n) is 6.64. The largest absolute Gasteiger partial charge is 0.467 e. The molecule has 10 heteroatoms. The summed E-state index contributed by atoms with van der Waals surface area (Å²) in [6.45, 7) is 2.06. The maximum Gasteiger partial charge on any atom is 0.433 e. The lowest BCUT2D eigenvalue weighted by atomic mass is 9.81. The number of halogens is 3. The number of hydrogen-bond donors (Lipinski definition) is 0. The summed E-state index contributed by atoms with van der Waals surface area (Å²) >= 11 is 0. The van der Waals surface area contributed by atoms with Crippen molar-refractivity contribution >= 4 is 11.6 Å². The van der Waals surface area contributed by atoms with Crippen LogP contribution in [0.4, 0.5) is 18.9 Å². The molecule has 0 unspecified atom stereocenters. The van der Waals surface area contributed by atoms with Gasteiger partial charge < -0.3 is 14.5 Å². The van der Waals surface area contributed by atoms with E-state index in [1.165, 1.54) is 12.6 Å². The molecule has 7 nitrogen and oxygen atoms in total. The Labute approximate surface area is 183 Å². The third kappa shape index (κ3) is 3.86. The first-order chi connectivity index (χ1) is 15.3. The van der Waals surface area contributed by atoms with Crippen molar-refractivity contribution in [2.45, 2.75) is 50.9 Å². The van der Waals surface area contributed by atoms with Crippen molar-refractivity contribution in [2.75, 3.05) is 25.1 Å². The third-order valence-corrected chi connectivity index (χ3v) is 6.64. The summed E-state index contributed by atoms with van der Waals surface area (Å²) in [4.78, 5) is 29.0. The Kier molecular flexibility index (Phi) is 5.17. The number of fused-ring (bicyclic) bond motifs is 1. The van der Waals surface area contributed by atoms with Crippen LogP contribution in [0.5, 0.6) is 6.01 Å². The van der Waals surface area contributed by atoms with Crippen molar-refractivity contribution in [1.29, 1.82) is 0 Å². The first-order valence-corrected chi connectivity index (χ1v) is 10.8. The molecule has 2 fully saturated rings. The minimum absolute atomic E-state index is 0.0388. The van der Waals surface area contributed by atoms with Gasteiger partial charge in [0.1, 0.15) is 5.69 Å². The van der Waals surface area contributed by atoms with Gasteiger partial charge in [-0.1, -0.05) is 6.42 Å². The average Bonchev–Trinajstić information content (AvgIpc) is 3.13. The number of nitrogens with zero attached hydrogens (tertiary/aromatic N) is 5. The molecule has 4 heterocycles. The van der Waals surface area contributed by atoms with Crippen LogP contribution in [-0.4, -0.2) is 46.0 Å². The number of amides is 1. The van der Waals surface area contributed by atoms with Crippen molar-refractivity contribution in [3.63, 3.8) is 0 Å². The second-order valence-corrected chi connectivity index (χ2v) is 8.77. The highest BCUT2D eigenvalue weighted by atomic mass is 19.4. The van der Waals surface area contributed by atoms with Gasteiger partial charge in [-0.05, 0) is 25.0 Å². The molecule has 1 saturated carbocycles. The standard InChI is InChI=1S/C22H24F3N5O2/c1-32-21-27-17-12-30(11-16(17)20(28-21)14-3-2-4-14)19(31)7-13-9-29(10-13)15-5-6-26-18(8-15)22(23,24)25/h5-6,8,13-14H,2-4,7,9-12H2,1H3. The fraction of sp³-hybridized carbons (Fsp3) is 0.545. The van der Waals surface area contributed by atoms with Gasteiger partial charge in [0.25, 0.3) is 0 Å². The molecule has 0 atom stereocenters. The first kappa shape index (κ1) is 21.0. The fourth-order valence-electron chi connectivity index (χ4n) is 4.60. The van der Waals surface area contributed by atoms with Gasteiger partial charge in [0.2, 0.25) is 5.91 Å². The molecule has 1 aliphatic carbocycles. The highest BCUT2D eigenvalue weighted by molar-refractivity contribution is 5.77. The zero-order chi connectivity index (χ0) is 22.5. The molecule has 3 aliphatic rings. The van der Waals surface area contributed by atoms with Crippen LogP contribution >= 0.6 is 0 Å². The molecule has 1 saturated heterocycles. The smallest absolute Gasteiger partial charge is 0.433 e. The van der Waals surface area contributed by atoms with E-state index in [4.69, 9.17) is 4.74 Å². The Morgan fingerprint density at radius 2 is 2.00 bits per heavy atom. The van der Waals surface area contributed by atoms with Gasteiger partial charge in [-0.3, -0.25) is 9.78 Å². The summed E-state index contributed by atoms with van der Waals surface area (Å²) in [5.74, 6) is 0.565. The molecular weight excluding hydrogens is 423 g/mol. The lowest BCUT2D eigenvalue weighted by Gasteiger charge is -2.41. The predicted molar refractivity (Wildman–Crippen MR) is 109 cm³/mol. The number of pyridine rings is 1. The quantitative estimate of drug-likeness (QED) is 0.698. The molecule has 2 aromatic rings. The highest BCUT2D eigenvalue weighted by Gasteiger charge is 2.37. The minimum Gasteiger partial charge on any atom is -0.467 e. The van der Waals surface area contributed by atoms with Crippen LogP contribution in [0.2, 0.25) is 0 Å². The molecule has 0 N–H and O–H groups in total. The number of carbonyl (C=O) groups is 1. The van der Waals surface area contributed by atoms with E-state index in [2.05, 4.69) is 15.0 Å². The van der Waals surface area contributed by atoms with E-state index in [9.17, 15) is 18.0 Å². The summed E-state index contributed by atoms with van der Waals surface area (Å²) in [7, 11) is 1.55. The van der Waals surface area contributed by atoms with E-state index in [0.717, 1.165) is 35.9 Å². The maximum absolute atomic E-state index is 12.9. The summed E-state index contributed by atoms with van der Waals surface area (Å²) in [5, 5.41) is 0. The summed E-state index contributed by atoms with van der Waals surface area (Å²) in [5.41, 5.74) is 2.51. The van der Waals surface area contributed by atoms with Gasteiger partial charge >= 0.3 is 12.2 Å². The molecule has 0 spiro atoms. The van der Waals surface area contributed by atoms with Gasteiger partial charge in [0.15, 0.2) is 0 Å². The van der Waals surface area contributed by atoms with Crippen molar-refractivity contribution in [3.8, 4) is 6.01 Å². The van der Waals surface area contributed by atoms with E-state index in [1.54, 1.807) is 18.1 Å². The average molecular weight is 447 g/mol. The van der Waals surface area contributed by atoms with Crippen LogP contribution in [0.1, 0.15) is 54.2 Å². The number of anilines is 1. The molecule has 170 valence electrons. The zero-order valence-corrected chi connectivity index (χ0v) is 17.7. The maximum atomic E-state index is 12.9. The van der Waals surface area contributed by atoms with E-state index in [0.29, 0.717) is 50.2 Å². The monoisotopic (exact) mass is 447 g/mol.